The molecule has 266 valence electrons. The van der Waals surface area contributed by atoms with E-state index in [9.17, 15) is 27.6 Å². The third-order valence-corrected chi connectivity index (χ3v) is 9.92. The molecule has 3 aromatic heterocycles. The number of sulfonamides is 1. The summed E-state index contributed by atoms with van der Waals surface area (Å²) < 4.78 is 31.6. The van der Waals surface area contributed by atoms with Gasteiger partial charge in [0.05, 0.1) is 18.8 Å². The molecular formula is C33H42N10O6S. The molecule has 0 bridgehead atoms. The van der Waals surface area contributed by atoms with Gasteiger partial charge in [0.1, 0.15) is 30.1 Å². The third kappa shape index (κ3) is 8.52. The van der Waals surface area contributed by atoms with Gasteiger partial charge in [0, 0.05) is 24.8 Å². The molecule has 0 spiro atoms. The summed E-state index contributed by atoms with van der Waals surface area (Å²) in [6.07, 6.45) is 3.22. The smallest absolute Gasteiger partial charge is 0.261 e. The highest BCUT2D eigenvalue weighted by Crippen LogP contribution is 2.20. The van der Waals surface area contributed by atoms with Gasteiger partial charge in [-0.3, -0.25) is 23.6 Å². The van der Waals surface area contributed by atoms with Crippen LogP contribution in [0.3, 0.4) is 0 Å². The van der Waals surface area contributed by atoms with Crippen molar-refractivity contribution in [1.29, 1.82) is 0 Å². The summed E-state index contributed by atoms with van der Waals surface area (Å²) in [5, 5.41) is 15.4. The van der Waals surface area contributed by atoms with Gasteiger partial charge in [0.2, 0.25) is 23.6 Å². The topological polar surface area (TPSA) is 202 Å². The quantitative estimate of drug-likeness (QED) is 0.234. The van der Waals surface area contributed by atoms with Crippen molar-refractivity contribution in [3.8, 4) is 11.4 Å². The minimum atomic E-state index is -4.27. The zero-order chi connectivity index (χ0) is 36.0. The summed E-state index contributed by atoms with van der Waals surface area (Å²) in [5.74, 6) is -1.54. The Morgan fingerprint density at radius 3 is 2.36 bits per heavy atom. The van der Waals surface area contributed by atoms with Crippen LogP contribution in [0, 0.1) is 5.92 Å². The molecule has 4 N–H and O–H groups in total. The molecule has 16 nitrogen and oxygen atoms in total. The molecule has 1 aromatic carbocycles. The van der Waals surface area contributed by atoms with E-state index in [-0.39, 0.29) is 37.0 Å². The van der Waals surface area contributed by atoms with Gasteiger partial charge < -0.3 is 21.3 Å². The molecule has 4 heterocycles. The number of aromatic nitrogens is 5. The number of benzene rings is 1. The second kappa shape index (κ2) is 15.6. The zero-order valence-corrected chi connectivity index (χ0v) is 29.2. The lowest BCUT2D eigenvalue weighted by atomic mass is 10.0. The molecule has 4 aromatic rings. The van der Waals surface area contributed by atoms with E-state index in [0.29, 0.717) is 29.3 Å². The Morgan fingerprint density at radius 1 is 0.880 bits per heavy atom. The predicted octanol–water partition coefficient (Wildman–Crippen LogP) is 1.02. The number of carbonyl (C=O) groups excluding carboxylic acids is 4. The van der Waals surface area contributed by atoms with E-state index in [2.05, 4.69) is 36.3 Å². The number of rotatable bonds is 5. The molecule has 0 fully saturated rings. The SMILES string of the molecule is CC(C)C[C@H]1NC(=O)[C@@H](C)NC(=O)CN(S(=O)(=O)c2cnc3ccccn23)CCCNC(=O)Cn2nc(-c3ccccc3)nc2[C@H](C)NC1=O. The monoisotopic (exact) mass is 706 g/mol. The minimum absolute atomic E-state index is 0.0169. The molecule has 0 unspecified atom stereocenters. The Morgan fingerprint density at radius 2 is 1.62 bits per heavy atom. The number of nitrogens with one attached hydrogen (secondary N) is 4. The molecule has 3 atom stereocenters. The van der Waals surface area contributed by atoms with Gasteiger partial charge in [0.15, 0.2) is 10.9 Å². The maximum atomic E-state index is 13.9. The van der Waals surface area contributed by atoms with Crippen molar-refractivity contribution in [2.24, 2.45) is 5.92 Å². The number of imidazole rings is 1. The van der Waals surface area contributed by atoms with Crippen molar-refractivity contribution in [1.82, 2.24) is 49.7 Å². The summed E-state index contributed by atoms with van der Waals surface area (Å²) in [6, 6.07) is 11.5. The maximum absolute atomic E-state index is 13.9. The summed E-state index contributed by atoms with van der Waals surface area (Å²) in [4.78, 5) is 62.1. The molecule has 50 heavy (non-hydrogen) atoms. The standard InChI is InChI=1S/C33H42N10O6S/c1-21(2)17-25-33(47)37-22(3)31-39-30(24-11-6-5-7-12-24)40-43(31)20-27(44)34-14-10-15-41(19-28(45)36-23(4)32(46)38-25)50(48,49)29-18-35-26-13-8-9-16-42(26)29/h5-9,11-13,16,18,21-23,25H,10,14-15,17,19-20H2,1-4H3,(H,34,44)(H,36,45)(H,37,47)(H,38,46)/t22-,23+,25+/m0/s1. The number of hydrogen-bond donors (Lipinski definition) is 4. The second-order valence-electron chi connectivity index (χ2n) is 12.6. The lowest BCUT2D eigenvalue weighted by Gasteiger charge is -2.25. The van der Waals surface area contributed by atoms with Crippen LogP contribution >= 0.6 is 0 Å². The molecule has 0 radical (unpaired) electrons. The van der Waals surface area contributed by atoms with E-state index in [1.165, 1.54) is 22.2 Å². The molecule has 0 saturated heterocycles. The molecule has 1 aliphatic heterocycles. The fourth-order valence-electron chi connectivity index (χ4n) is 5.58. The number of nitrogens with zero attached hydrogens (tertiary/aromatic N) is 6. The highest BCUT2D eigenvalue weighted by molar-refractivity contribution is 7.89. The van der Waals surface area contributed by atoms with Crippen molar-refractivity contribution in [3.05, 3.63) is 66.7 Å². The van der Waals surface area contributed by atoms with Crippen LogP contribution in [0.15, 0.2) is 66.0 Å². The van der Waals surface area contributed by atoms with Gasteiger partial charge >= 0.3 is 0 Å². The first-order valence-electron chi connectivity index (χ1n) is 16.4. The van der Waals surface area contributed by atoms with Crippen molar-refractivity contribution < 1.29 is 27.6 Å². The molecule has 4 amide bonds. The fraction of sp³-hybridized carbons (Fsp3) is 0.424. The molecule has 0 saturated carbocycles. The molecule has 17 heteroatoms. The Kier molecular flexibility index (Phi) is 11.3. The van der Waals surface area contributed by atoms with Gasteiger partial charge in [-0.15, -0.1) is 0 Å². The van der Waals surface area contributed by atoms with Crippen LogP contribution < -0.4 is 21.3 Å². The van der Waals surface area contributed by atoms with E-state index >= 15 is 0 Å². The maximum Gasteiger partial charge on any atom is 0.261 e. The van der Waals surface area contributed by atoms with Gasteiger partial charge in [-0.05, 0) is 44.7 Å². The number of amides is 4. The number of hydrogen-bond acceptors (Lipinski definition) is 9. The average Bonchev–Trinajstić information content (AvgIpc) is 3.71. The number of fused-ring (bicyclic) bond motifs is 2. The summed E-state index contributed by atoms with van der Waals surface area (Å²) in [7, 11) is -4.27. The second-order valence-corrected chi connectivity index (χ2v) is 14.5. The lowest BCUT2D eigenvalue weighted by molar-refractivity contribution is -0.132. The Balaban J connectivity index is 1.46. The highest BCUT2D eigenvalue weighted by Gasteiger charge is 2.32. The molecular weight excluding hydrogens is 664 g/mol. The Hall–Kier alpha value is -5.16. The Labute approximate surface area is 290 Å². The fourth-order valence-corrected chi connectivity index (χ4v) is 7.09. The number of pyridine rings is 1. The summed E-state index contributed by atoms with van der Waals surface area (Å²) in [6.45, 7) is 6.09. The van der Waals surface area contributed by atoms with Gasteiger partial charge in [-0.25, -0.2) is 23.1 Å². The van der Waals surface area contributed by atoms with E-state index in [4.69, 9.17) is 0 Å². The van der Waals surface area contributed by atoms with Crippen molar-refractivity contribution in [2.75, 3.05) is 19.6 Å². The van der Waals surface area contributed by atoms with E-state index < -0.39 is 58.3 Å². The van der Waals surface area contributed by atoms with Crippen LogP contribution in [0.5, 0.6) is 0 Å². The molecule has 5 rings (SSSR count). The normalized spacial score (nSPS) is 20.9. The first-order chi connectivity index (χ1) is 23.8. The largest absolute Gasteiger partial charge is 0.354 e. The first-order valence-corrected chi connectivity index (χ1v) is 17.9. The van der Waals surface area contributed by atoms with E-state index in [1.807, 2.05) is 44.2 Å². The van der Waals surface area contributed by atoms with Gasteiger partial charge in [-0.1, -0.05) is 50.2 Å². The summed E-state index contributed by atoms with van der Waals surface area (Å²) in [5.41, 5.74) is 1.12. The highest BCUT2D eigenvalue weighted by atomic mass is 32.2. The van der Waals surface area contributed by atoms with Crippen LogP contribution in [0.4, 0.5) is 0 Å². The van der Waals surface area contributed by atoms with E-state index in [1.54, 1.807) is 31.3 Å². The van der Waals surface area contributed by atoms with Crippen LogP contribution in [0.2, 0.25) is 0 Å². The van der Waals surface area contributed by atoms with Crippen molar-refractivity contribution >= 4 is 39.3 Å². The van der Waals surface area contributed by atoms with Gasteiger partial charge in [0.25, 0.3) is 10.0 Å². The lowest BCUT2D eigenvalue weighted by Crippen LogP contribution is -2.54. The Bertz CT molecular complexity index is 1960. The number of carbonyl (C=O) groups is 4. The zero-order valence-electron chi connectivity index (χ0n) is 28.4. The predicted molar refractivity (Wildman–Crippen MR) is 183 cm³/mol. The summed E-state index contributed by atoms with van der Waals surface area (Å²) >= 11 is 0. The third-order valence-electron chi connectivity index (χ3n) is 8.10. The molecule has 0 aliphatic carbocycles. The van der Waals surface area contributed by atoms with Crippen LogP contribution in [0.1, 0.15) is 52.4 Å². The average molecular weight is 707 g/mol. The van der Waals surface area contributed by atoms with E-state index in [0.717, 1.165) is 4.31 Å². The van der Waals surface area contributed by atoms with Crippen LogP contribution in [0.25, 0.3) is 17.0 Å². The van der Waals surface area contributed by atoms with Crippen molar-refractivity contribution in [3.63, 3.8) is 0 Å². The first kappa shape index (κ1) is 36.1. The van der Waals surface area contributed by atoms with Crippen LogP contribution in [-0.2, 0) is 35.7 Å². The minimum Gasteiger partial charge on any atom is -0.354 e. The van der Waals surface area contributed by atoms with Gasteiger partial charge in [-0.2, -0.15) is 9.40 Å². The molecule has 1 aliphatic rings. The van der Waals surface area contributed by atoms with Crippen LogP contribution in [-0.4, -0.2) is 92.2 Å². The van der Waals surface area contributed by atoms with Crippen molar-refractivity contribution in [2.45, 2.75) is 70.2 Å².